The topological polar surface area (TPSA) is 22.2 Å². The maximum atomic E-state index is 4.63. The standard InChI is InChI=1S/C33H21N3/c1-2-8-24(9-3-1)36-31-13-7-6-11-26(31)29-21-23(15-17-32(29)36)22-14-16-30-28(20-22)25-10-4-5-12-27(25)33-34-18-19-35(30)33/h1-21H. The quantitative estimate of drug-likeness (QED) is 0.238. The minimum Gasteiger partial charge on any atom is -0.309 e. The van der Waals surface area contributed by atoms with Crippen molar-refractivity contribution >= 4 is 49.1 Å². The van der Waals surface area contributed by atoms with Crippen LogP contribution in [0.3, 0.4) is 0 Å². The molecule has 8 rings (SSSR count). The highest BCUT2D eigenvalue weighted by Crippen LogP contribution is 2.36. The van der Waals surface area contributed by atoms with E-state index in [1.165, 1.54) is 60.3 Å². The minimum atomic E-state index is 1.00. The zero-order chi connectivity index (χ0) is 23.6. The normalized spacial score (nSPS) is 11.9. The summed E-state index contributed by atoms with van der Waals surface area (Å²) >= 11 is 0. The third kappa shape index (κ3) is 2.65. The van der Waals surface area contributed by atoms with E-state index in [0.29, 0.717) is 0 Å². The van der Waals surface area contributed by atoms with Gasteiger partial charge in [-0.15, -0.1) is 0 Å². The predicted octanol–water partition coefficient (Wildman–Crippen LogP) is 8.40. The number of hydrogen-bond donors (Lipinski definition) is 0. The Morgan fingerprint density at radius 2 is 1.08 bits per heavy atom. The Kier molecular flexibility index (Phi) is 3.94. The number of benzene rings is 5. The number of rotatable bonds is 2. The lowest BCUT2D eigenvalue weighted by atomic mass is 9.98. The molecule has 0 saturated heterocycles. The second-order valence-corrected chi connectivity index (χ2v) is 9.32. The molecule has 0 aliphatic carbocycles. The largest absolute Gasteiger partial charge is 0.309 e. The lowest BCUT2D eigenvalue weighted by Gasteiger charge is -2.11. The average Bonchev–Trinajstić information content (AvgIpc) is 3.57. The van der Waals surface area contributed by atoms with E-state index in [-0.39, 0.29) is 0 Å². The fourth-order valence-corrected chi connectivity index (χ4v) is 5.76. The molecule has 8 aromatic rings. The Hall–Kier alpha value is -4.89. The van der Waals surface area contributed by atoms with Crippen LogP contribution < -0.4 is 0 Å². The molecule has 0 fully saturated rings. The van der Waals surface area contributed by atoms with E-state index >= 15 is 0 Å². The number of hydrogen-bond acceptors (Lipinski definition) is 1. The summed E-state index contributed by atoms with van der Waals surface area (Å²) < 4.78 is 4.55. The molecule has 0 bridgehead atoms. The predicted molar refractivity (Wildman–Crippen MR) is 150 cm³/mol. The van der Waals surface area contributed by atoms with E-state index in [0.717, 1.165) is 5.65 Å². The first-order valence-electron chi connectivity index (χ1n) is 12.2. The number of fused-ring (bicyclic) bond motifs is 9. The van der Waals surface area contributed by atoms with Crippen LogP contribution in [0.2, 0.25) is 0 Å². The SMILES string of the molecule is c1ccc(-n2c3ccccc3c3cc(-c4ccc5c(c4)c4ccccc4c4nccn54)ccc32)cc1. The number of imidazole rings is 1. The van der Waals surface area contributed by atoms with Gasteiger partial charge in [-0.1, -0.05) is 72.8 Å². The summed E-state index contributed by atoms with van der Waals surface area (Å²) in [7, 11) is 0. The van der Waals surface area contributed by atoms with Gasteiger partial charge in [0.05, 0.1) is 16.6 Å². The van der Waals surface area contributed by atoms with Crippen LogP contribution in [0, 0.1) is 0 Å². The van der Waals surface area contributed by atoms with Crippen molar-refractivity contribution in [3.63, 3.8) is 0 Å². The van der Waals surface area contributed by atoms with Crippen LogP contribution in [-0.4, -0.2) is 14.0 Å². The molecule has 36 heavy (non-hydrogen) atoms. The van der Waals surface area contributed by atoms with E-state index in [2.05, 4.69) is 129 Å². The molecule has 0 amide bonds. The number of nitrogens with zero attached hydrogens (tertiary/aromatic N) is 3. The molecule has 0 N–H and O–H groups in total. The van der Waals surface area contributed by atoms with E-state index < -0.39 is 0 Å². The molecule has 0 saturated carbocycles. The minimum absolute atomic E-state index is 1.00. The smallest absolute Gasteiger partial charge is 0.145 e. The van der Waals surface area contributed by atoms with Crippen LogP contribution in [-0.2, 0) is 0 Å². The second kappa shape index (κ2) is 7.30. The Balaban J connectivity index is 1.40. The van der Waals surface area contributed by atoms with Crippen LogP contribution in [0.5, 0.6) is 0 Å². The third-order valence-electron chi connectivity index (χ3n) is 7.38. The van der Waals surface area contributed by atoms with Crippen LogP contribution in [0.15, 0.2) is 128 Å². The van der Waals surface area contributed by atoms with Crippen LogP contribution in [0.25, 0.3) is 65.9 Å². The molecular formula is C33H21N3. The van der Waals surface area contributed by atoms with Gasteiger partial charge in [-0.25, -0.2) is 4.98 Å². The zero-order valence-corrected chi connectivity index (χ0v) is 19.5. The van der Waals surface area contributed by atoms with Gasteiger partial charge in [0.1, 0.15) is 5.65 Å². The third-order valence-corrected chi connectivity index (χ3v) is 7.38. The lowest BCUT2D eigenvalue weighted by Crippen LogP contribution is -1.93. The summed E-state index contributed by atoms with van der Waals surface area (Å²) in [5, 5.41) is 6.18. The molecular weight excluding hydrogens is 438 g/mol. The maximum Gasteiger partial charge on any atom is 0.145 e. The Labute approximate surface area is 207 Å². The zero-order valence-electron chi connectivity index (χ0n) is 19.5. The summed E-state index contributed by atoms with van der Waals surface area (Å²) in [4.78, 5) is 4.63. The maximum absolute atomic E-state index is 4.63. The first-order valence-corrected chi connectivity index (χ1v) is 12.2. The van der Waals surface area contributed by atoms with Gasteiger partial charge in [-0.2, -0.15) is 0 Å². The Morgan fingerprint density at radius 1 is 0.472 bits per heavy atom. The number of pyridine rings is 1. The summed E-state index contributed by atoms with van der Waals surface area (Å²) in [6.07, 6.45) is 3.93. The van der Waals surface area contributed by atoms with Gasteiger partial charge in [-0.05, 0) is 59.0 Å². The molecule has 0 unspecified atom stereocenters. The molecule has 3 nitrogen and oxygen atoms in total. The van der Waals surface area contributed by atoms with Crippen molar-refractivity contribution in [3.05, 3.63) is 128 Å². The first kappa shape index (κ1) is 19.4. The highest BCUT2D eigenvalue weighted by molar-refractivity contribution is 6.13. The highest BCUT2D eigenvalue weighted by atomic mass is 15.0. The van der Waals surface area contributed by atoms with E-state index in [4.69, 9.17) is 0 Å². The van der Waals surface area contributed by atoms with Crippen LogP contribution in [0.4, 0.5) is 0 Å². The van der Waals surface area contributed by atoms with Gasteiger partial charge in [0, 0.05) is 39.6 Å². The first-order chi connectivity index (χ1) is 17.9. The van der Waals surface area contributed by atoms with Crippen molar-refractivity contribution in [1.29, 1.82) is 0 Å². The van der Waals surface area contributed by atoms with Gasteiger partial charge >= 0.3 is 0 Å². The Bertz CT molecular complexity index is 2100. The van der Waals surface area contributed by atoms with Crippen molar-refractivity contribution in [1.82, 2.24) is 14.0 Å². The average molecular weight is 460 g/mol. The molecule has 168 valence electrons. The van der Waals surface area contributed by atoms with Gasteiger partial charge < -0.3 is 4.57 Å². The fourth-order valence-electron chi connectivity index (χ4n) is 5.76. The van der Waals surface area contributed by atoms with Crippen molar-refractivity contribution in [2.24, 2.45) is 0 Å². The van der Waals surface area contributed by atoms with Gasteiger partial charge in [0.15, 0.2) is 0 Å². The lowest BCUT2D eigenvalue weighted by molar-refractivity contribution is 1.18. The number of aromatic nitrogens is 3. The molecule has 0 aliphatic rings. The highest BCUT2D eigenvalue weighted by Gasteiger charge is 2.14. The van der Waals surface area contributed by atoms with Crippen LogP contribution >= 0.6 is 0 Å². The van der Waals surface area contributed by atoms with E-state index in [1.807, 2.05) is 12.4 Å². The summed E-state index contributed by atoms with van der Waals surface area (Å²) in [6.45, 7) is 0. The van der Waals surface area contributed by atoms with E-state index in [1.54, 1.807) is 0 Å². The fraction of sp³-hybridized carbons (Fsp3) is 0. The molecule has 3 aromatic heterocycles. The molecule has 0 aliphatic heterocycles. The second-order valence-electron chi connectivity index (χ2n) is 9.32. The van der Waals surface area contributed by atoms with Crippen LogP contribution in [0.1, 0.15) is 0 Å². The number of para-hydroxylation sites is 2. The van der Waals surface area contributed by atoms with Gasteiger partial charge in [0.25, 0.3) is 0 Å². The van der Waals surface area contributed by atoms with Crippen molar-refractivity contribution in [2.75, 3.05) is 0 Å². The summed E-state index contributed by atoms with van der Waals surface area (Å²) in [6, 6.07) is 41.5. The molecule has 0 spiro atoms. The molecule has 0 radical (unpaired) electrons. The summed E-state index contributed by atoms with van der Waals surface area (Å²) in [5.74, 6) is 0. The van der Waals surface area contributed by atoms with Crippen molar-refractivity contribution < 1.29 is 0 Å². The molecule has 3 heteroatoms. The van der Waals surface area contributed by atoms with E-state index in [9.17, 15) is 0 Å². The van der Waals surface area contributed by atoms with Crippen molar-refractivity contribution in [2.45, 2.75) is 0 Å². The monoisotopic (exact) mass is 459 g/mol. The Morgan fingerprint density at radius 3 is 1.89 bits per heavy atom. The molecule has 3 heterocycles. The summed E-state index contributed by atoms with van der Waals surface area (Å²) in [5.41, 5.74) is 8.23. The van der Waals surface area contributed by atoms with Gasteiger partial charge in [-0.3, -0.25) is 4.40 Å². The molecule has 0 atom stereocenters. The van der Waals surface area contributed by atoms with Gasteiger partial charge in [0.2, 0.25) is 0 Å². The molecule has 5 aromatic carbocycles. The van der Waals surface area contributed by atoms with Crippen molar-refractivity contribution in [3.8, 4) is 16.8 Å².